The summed E-state index contributed by atoms with van der Waals surface area (Å²) in [6.45, 7) is 3.49. The third kappa shape index (κ3) is 2.70. The van der Waals surface area contributed by atoms with Gasteiger partial charge in [0.25, 0.3) is 0 Å². The monoisotopic (exact) mass is 262 g/mol. The first-order chi connectivity index (χ1) is 5.95. The summed E-state index contributed by atoms with van der Waals surface area (Å²) in [6, 6.07) is 5.62. The van der Waals surface area contributed by atoms with Crippen LogP contribution in [0.5, 0.6) is 0 Å². The largest absolute Gasteiger partial charge is 0.386 e. The van der Waals surface area contributed by atoms with Crippen LogP contribution in [0.1, 0.15) is 25.0 Å². The van der Waals surface area contributed by atoms with Gasteiger partial charge in [0.1, 0.15) is 0 Å². The molecule has 1 N–H and O–H groups in total. The molecule has 3 heteroatoms. The molecule has 1 nitrogen and oxygen atoms in total. The Labute approximate surface area is 91.9 Å². The minimum Gasteiger partial charge on any atom is -0.386 e. The predicted molar refractivity (Wildman–Crippen MR) is 59.3 cm³/mol. The molecule has 1 aromatic rings. The SMILES string of the molecule is CC(C)(O)c1ccc(CBr)c(Cl)c1. The highest BCUT2D eigenvalue weighted by Gasteiger charge is 2.16. The van der Waals surface area contributed by atoms with E-state index in [9.17, 15) is 5.11 Å². The molecule has 0 radical (unpaired) electrons. The maximum Gasteiger partial charge on any atom is 0.0841 e. The molecule has 0 heterocycles. The molecular weight excluding hydrogens is 251 g/mol. The first-order valence-electron chi connectivity index (χ1n) is 4.02. The van der Waals surface area contributed by atoms with Gasteiger partial charge in [-0.3, -0.25) is 0 Å². The zero-order valence-electron chi connectivity index (χ0n) is 7.64. The van der Waals surface area contributed by atoms with E-state index < -0.39 is 5.60 Å². The standard InChI is InChI=1S/C10H12BrClO/c1-10(2,13)8-4-3-7(6-11)9(12)5-8/h3-5,13H,6H2,1-2H3. The Morgan fingerprint density at radius 3 is 2.46 bits per heavy atom. The Morgan fingerprint density at radius 2 is 2.08 bits per heavy atom. The lowest BCUT2D eigenvalue weighted by Crippen LogP contribution is -2.15. The quantitative estimate of drug-likeness (QED) is 0.810. The summed E-state index contributed by atoms with van der Waals surface area (Å²) in [6.07, 6.45) is 0. The summed E-state index contributed by atoms with van der Waals surface area (Å²) < 4.78 is 0. The highest BCUT2D eigenvalue weighted by molar-refractivity contribution is 9.08. The van der Waals surface area contributed by atoms with Crippen LogP contribution in [-0.2, 0) is 10.9 Å². The molecule has 0 saturated heterocycles. The third-order valence-electron chi connectivity index (χ3n) is 1.90. The van der Waals surface area contributed by atoms with Crippen molar-refractivity contribution in [2.75, 3.05) is 0 Å². The van der Waals surface area contributed by atoms with Gasteiger partial charge in [0.05, 0.1) is 5.60 Å². The number of alkyl halides is 1. The number of hydrogen-bond acceptors (Lipinski definition) is 1. The highest BCUT2D eigenvalue weighted by Crippen LogP contribution is 2.26. The summed E-state index contributed by atoms with van der Waals surface area (Å²) in [7, 11) is 0. The van der Waals surface area contributed by atoms with Gasteiger partial charge in [-0.15, -0.1) is 0 Å². The van der Waals surface area contributed by atoms with Gasteiger partial charge in [-0.25, -0.2) is 0 Å². The Kier molecular flexibility index (Phi) is 3.38. The van der Waals surface area contributed by atoms with Crippen LogP contribution >= 0.6 is 27.5 Å². The molecule has 0 unspecified atom stereocenters. The summed E-state index contributed by atoms with van der Waals surface area (Å²) in [4.78, 5) is 0. The van der Waals surface area contributed by atoms with Gasteiger partial charge in [-0.2, -0.15) is 0 Å². The maximum absolute atomic E-state index is 9.71. The fraction of sp³-hybridized carbons (Fsp3) is 0.400. The van der Waals surface area contributed by atoms with E-state index in [4.69, 9.17) is 11.6 Å². The molecule has 0 aliphatic carbocycles. The van der Waals surface area contributed by atoms with Crippen molar-refractivity contribution in [2.45, 2.75) is 24.8 Å². The maximum atomic E-state index is 9.71. The van der Waals surface area contributed by atoms with E-state index in [1.54, 1.807) is 19.9 Å². The van der Waals surface area contributed by atoms with Crippen molar-refractivity contribution in [2.24, 2.45) is 0 Å². The van der Waals surface area contributed by atoms with Crippen LogP contribution in [-0.4, -0.2) is 5.11 Å². The van der Waals surface area contributed by atoms with Crippen LogP contribution in [0.3, 0.4) is 0 Å². The molecule has 72 valence electrons. The van der Waals surface area contributed by atoms with E-state index in [-0.39, 0.29) is 0 Å². The van der Waals surface area contributed by atoms with Gasteiger partial charge in [-0.1, -0.05) is 39.7 Å². The van der Waals surface area contributed by atoms with Gasteiger partial charge in [0, 0.05) is 10.4 Å². The van der Waals surface area contributed by atoms with E-state index in [2.05, 4.69) is 15.9 Å². The summed E-state index contributed by atoms with van der Waals surface area (Å²) in [5.41, 5.74) is 1.05. The van der Waals surface area contributed by atoms with Crippen LogP contribution in [0.2, 0.25) is 5.02 Å². The van der Waals surface area contributed by atoms with Crippen molar-refractivity contribution in [1.82, 2.24) is 0 Å². The number of hydrogen-bond donors (Lipinski definition) is 1. The van der Waals surface area contributed by atoms with E-state index in [0.717, 1.165) is 16.5 Å². The predicted octanol–water partition coefficient (Wildman–Crippen LogP) is 3.46. The molecule has 0 atom stereocenters. The van der Waals surface area contributed by atoms with E-state index >= 15 is 0 Å². The Bertz CT molecular complexity index is 304. The van der Waals surface area contributed by atoms with Crippen molar-refractivity contribution in [1.29, 1.82) is 0 Å². The van der Waals surface area contributed by atoms with E-state index in [1.165, 1.54) is 0 Å². The van der Waals surface area contributed by atoms with Crippen molar-refractivity contribution in [3.63, 3.8) is 0 Å². The molecule has 1 aromatic carbocycles. The average molecular weight is 264 g/mol. The lowest BCUT2D eigenvalue weighted by Gasteiger charge is -2.18. The normalized spacial score (nSPS) is 11.8. The number of halogens is 2. The molecule has 13 heavy (non-hydrogen) atoms. The second-order valence-corrected chi connectivity index (χ2v) is 4.47. The van der Waals surface area contributed by atoms with Gasteiger partial charge in [-0.05, 0) is 31.0 Å². The molecule has 0 fully saturated rings. The first-order valence-corrected chi connectivity index (χ1v) is 5.52. The molecule has 0 aliphatic rings. The van der Waals surface area contributed by atoms with Crippen molar-refractivity contribution < 1.29 is 5.11 Å². The summed E-state index contributed by atoms with van der Waals surface area (Å²) >= 11 is 9.33. The van der Waals surface area contributed by atoms with Crippen LogP contribution in [0.15, 0.2) is 18.2 Å². The minimum absolute atomic E-state index is 0.691. The minimum atomic E-state index is -0.825. The zero-order valence-corrected chi connectivity index (χ0v) is 9.98. The summed E-state index contributed by atoms with van der Waals surface area (Å²) in [5.74, 6) is 0. The summed E-state index contributed by atoms with van der Waals surface area (Å²) in [5, 5.41) is 11.1. The molecule has 0 spiro atoms. The van der Waals surface area contributed by atoms with E-state index in [0.29, 0.717) is 5.02 Å². The average Bonchev–Trinajstić information content (AvgIpc) is 2.02. The van der Waals surface area contributed by atoms with Gasteiger partial charge in [0.2, 0.25) is 0 Å². The third-order valence-corrected chi connectivity index (χ3v) is 2.86. The molecule has 0 aromatic heterocycles. The van der Waals surface area contributed by atoms with Gasteiger partial charge >= 0.3 is 0 Å². The van der Waals surface area contributed by atoms with E-state index in [1.807, 2.05) is 12.1 Å². The zero-order chi connectivity index (χ0) is 10.1. The molecule has 0 saturated carbocycles. The van der Waals surface area contributed by atoms with Crippen molar-refractivity contribution >= 4 is 27.5 Å². The Hall–Kier alpha value is -0.0500. The number of aliphatic hydroxyl groups is 1. The van der Waals surface area contributed by atoms with Crippen LogP contribution in [0, 0.1) is 0 Å². The second-order valence-electron chi connectivity index (χ2n) is 3.50. The van der Waals surface area contributed by atoms with Crippen LogP contribution in [0.25, 0.3) is 0 Å². The lowest BCUT2D eigenvalue weighted by atomic mass is 9.97. The molecule has 1 rings (SSSR count). The molecular formula is C10H12BrClO. The fourth-order valence-corrected chi connectivity index (χ4v) is 1.93. The molecule has 0 aliphatic heterocycles. The fourth-order valence-electron chi connectivity index (χ4n) is 1.04. The van der Waals surface area contributed by atoms with Crippen LogP contribution < -0.4 is 0 Å². The van der Waals surface area contributed by atoms with Crippen molar-refractivity contribution in [3.05, 3.63) is 34.3 Å². The first kappa shape index (κ1) is 11.0. The topological polar surface area (TPSA) is 20.2 Å². The van der Waals surface area contributed by atoms with Crippen molar-refractivity contribution in [3.8, 4) is 0 Å². The second kappa shape index (κ2) is 3.99. The Balaban J connectivity index is 3.10. The highest BCUT2D eigenvalue weighted by atomic mass is 79.9. The smallest absolute Gasteiger partial charge is 0.0841 e. The van der Waals surface area contributed by atoms with Gasteiger partial charge < -0.3 is 5.11 Å². The molecule has 0 bridgehead atoms. The number of rotatable bonds is 2. The molecule has 0 amide bonds. The lowest BCUT2D eigenvalue weighted by molar-refractivity contribution is 0.0786. The number of benzene rings is 1. The Morgan fingerprint density at radius 1 is 1.46 bits per heavy atom. The van der Waals surface area contributed by atoms with Gasteiger partial charge in [0.15, 0.2) is 0 Å². The van der Waals surface area contributed by atoms with Crippen LogP contribution in [0.4, 0.5) is 0 Å².